The highest BCUT2D eigenvalue weighted by molar-refractivity contribution is 5.69. The van der Waals surface area contributed by atoms with Crippen molar-refractivity contribution in [2.75, 3.05) is 33.9 Å². The molecule has 0 N–H and O–H groups in total. The van der Waals surface area contributed by atoms with Crippen LogP contribution in [0.15, 0.2) is 0 Å². The van der Waals surface area contributed by atoms with Gasteiger partial charge in [0.25, 0.3) is 0 Å². The van der Waals surface area contributed by atoms with Gasteiger partial charge in [0.1, 0.15) is 0 Å². The molecule has 0 amide bonds. The van der Waals surface area contributed by atoms with Crippen molar-refractivity contribution < 1.29 is 14.3 Å². The fourth-order valence-electron chi connectivity index (χ4n) is 1.82. The standard InChI is InChI=1S/C11H21NO3/c1-12(7-3-6-11(13)14-2)9-10-5-4-8-15-10/h10H,3-9H2,1-2H3. The molecule has 0 radical (unpaired) electrons. The second-order valence-electron chi connectivity index (χ2n) is 4.08. The molecule has 1 rings (SSSR count). The predicted molar refractivity (Wildman–Crippen MR) is 57.7 cm³/mol. The summed E-state index contributed by atoms with van der Waals surface area (Å²) in [6.07, 6.45) is 4.11. The van der Waals surface area contributed by atoms with E-state index in [0.717, 1.165) is 26.1 Å². The van der Waals surface area contributed by atoms with Gasteiger partial charge in [-0.25, -0.2) is 0 Å². The van der Waals surface area contributed by atoms with Gasteiger partial charge in [-0.15, -0.1) is 0 Å². The minimum Gasteiger partial charge on any atom is -0.469 e. The van der Waals surface area contributed by atoms with E-state index in [-0.39, 0.29) is 5.97 Å². The summed E-state index contributed by atoms with van der Waals surface area (Å²) in [4.78, 5) is 13.1. The number of methoxy groups -OCH3 is 1. The number of ether oxygens (including phenoxy) is 2. The van der Waals surface area contributed by atoms with Crippen molar-refractivity contribution in [3.05, 3.63) is 0 Å². The van der Waals surface area contributed by atoms with Gasteiger partial charge >= 0.3 is 5.97 Å². The molecule has 0 aromatic rings. The Morgan fingerprint density at radius 1 is 1.60 bits per heavy atom. The summed E-state index contributed by atoms with van der Waals surface area (Å²) in [6, 6.07) is 0. The van der Waals surface area contributed by atoms with Crippen LogP contribution >= 0.6 is 0 Å². The van der Waals surface area contributed by atoms with Crippen molar-refractivity contribution in [3.63, 3.8) is 0 Å². The monoisotopic (exact) mass is 215 g/mol. The molecule has 1 atom stereocenters. The average molecular weight is 215 g/mol. The lowest BCUT2D eigenvalue weighted by Crippen LogP contribution is -2.29. The lowest BCUT2D eigenvalue weighted by Gasteiger charge is -2.19. The van der Waals surface area contributed by atoms with Gasteiger partial charge in [-0.2, -0.15) is 0 Å². The minimum atomic E-state index is -0.125. The van der Waals surface area contributed by atoms with Crippen LogP contribution in [-0.4, -0.2) is 50.8 Å². The van der Waals surface area contributed by atoms with Crippen LogP contribution in [0.5, 0.6) is 0 Å². The minimum absolute atomic E-state index is 0.125. The quantitative estimate of drug-likeness (QED) is 0.621. The second-order valence-corrected chi connectivity index (χ2v) is 4.08. The largest absolute Gasteiger partial charge is 0.469 e. The Morgan fingerprint density at radius 3 is 3.00 bits per heavy atom. The van der Waals surface area contributed by atoms with Crippen LogP contribution in [0.4, 0.5) is 0 Å². The van der Waals surface area contributed by atoms with Crippen LogP contribution < -0.4 is 0 Å². The lowest BCUT2D eigenvalue weighted by molar-refractivity contribution is -0.140. The summed E-state index contributed by atoms with van der Waals surface area (Å²) in [6.45, 7) is 2.80. The SMILES string of the molecule is COC(=O)CCCN(C)CC1CCCO1. The fourth-order valence-corrected chi connectivity index (χ4v) is 1.82. The number of esters is 1. The highest BCUT2D eigenvalue weighted by Gasteiger charge is 2.17. The number of carbonyl (C=O) groups is 1. The third-order valence-corrected chi connectivity index (χ3v) is 2.69. The second kappa shape index (κ2) is 6.80. The first-order valence-electron chi connectivity index (χ1n) is 5.59. The zero-order valence-corrected chi connectivity index (χ0v) is 9.70. The maximum atomic E-state index is 10.9. The first kappa shape index (κ1) is 12.5. The Kier molecular flexibility index (Phi) is 5.65. The Bertz CT molecular complexity index is 190. The molecule has 88 valence electrons. The molecule has 1 aliphatic heterocycles. The molecular formula is C11H21NO3. The maximum absolute atomic E-state index is 10.9. The molecule has 0 aromatic carbocycles. The van der Waals surface area contributed by atoms with Crippen LogP contribution in [-0.2, 0) is 14.3 Å². The number of rotatable bonds is 6. The lowest BCUT2D eigenvalue weighted by atomic mass is 10.2. The number of hydrogen-bond acceptors (Lipinski definition) is 4. The van der Waals surface area contributed by atoms with Crippen molar-refractivity contribution >= 4 is 5.97 Å². The molecule has 0 saturated carbocycles. The molecule has 0 bridgehead atoms. The van der Waals surface area contributed by atoms with Gasteiger partial charge in [0.15, 0.2) is 0 Å². The molecule has 1 saturated heterocycles. The Morgan fingerprint density at radius 2 is 2.40 bits per heavy atom. The molecule has 15 heavy (non-hydrogen) atoms. The number of nitrogens with zero attached hydrogens (tertiary/aromatic N) is 1. The van der Waals surface area contributed by atoms with Crippen molar-refractivity contribution in [2.45, 2.75) is 31.8 Å². The molecule has 1 aliphatic rings. The summed E-state index contributed by atoms with van der Waals surface area (Å²) in [5.74, 6) is -0.125. The van der Waals surface area contributed by atoms with Crippen molar-refractivity contribution in [2.24, 2.45) is 0 Å². The molecule has 1 heterocycles. The normalized spacial score (nSPS) is 20.9. The smallest absolute Gasteiger partial charge is 0.305 e. The molecule has 0 aromatic heterocycles. The van der Waals surface area contributed by atoms with E-state index in [0.29, 0.717) is 12.5 Å². The van der Waals surface area contributed by atoms with E-state index >= 15 is 0 Å². The zero-order valence-electron chi connectivity index (χ0n) is 9.70. The Balaban J connectivity index is 2.02. The molecular weight excluding hydrogens is 194 g/mol. The van der Waals surface area contributed by atoms with Gasteiger partial charge in [0.2, 0.25) is 0 Å². The van der Waals surface area contributed by atoms with E-state index in [1.807, 2.05) is 0 Å². The van der Waals surface area contributed by atoms with E-state index in [1.165, 1.54) is 20.0 Å². The number of carbonyl (C=O) groups excluding carboxylic acids is 1. The van der Waals surface area contributed by atoms with Gasteiger partial charge in [-0.1, -0.05) is 0 Å². The van der Waals surface area contributed by atoms with Crippen LogP contribution in [0.25, 0.3) is 0 Å². The summed E-state index contributed by atoms with van der Waals surface area (Å²) < 4.78 is 10.1. The topological polar surface area (TPSA) is 38.8 Å². The first-order valence-corrected chi connectivity index (χ1v) is 5.59. The van der Waals surface area contributed by atoms with Crippen molar-refractivity contribution in [1.82, 2.24) is 4.90 Å². The predicted octanol–water partition coefficient (Wildman–Crippen LogP) is 1.05. The summed E-state index contributed by atoms with van der Waals surface area (Å²) in [7, 11) is 3.50. The van der Waals surface area contributed by atoms with Gasteiger partial charge in [0.05, 0.1) is 13.2 Å². The molecule has 0 aliphatic carbocycles. The highest BCUT2D eigenvalue weighted by Crippen LogP contribution is 2.12. The van der Waals surface area contributed by atoms with E-state index in [9.17, 15) is 4.79 Å². The number of likely N-dealkylation sites (N-methyl/N-ethyl adjacent to an activating group) is 1. The van der Waals surface area contributed by atoms with Gasteiger partial charge in [-0.05, 0) is 32.9 Å². The van der Waals surface area contributed by atoms with E-state index in [4.69, 9.17) is 4.74 Å². The molecule has 4 heteroatoms. The maximum Gasteiger partial charge on any atom is 0.305 e. The zero-order chi connectivity index (χ0) is 11.1. The molecule has 1 fully saturated rings. The Labute approximate surface area is 91.5 Å². The van der Waals surface area contributed by atoms with Crippen LogP contribution in [0.3, 0.4) is 0 Å². The van der Waals surface area contributed by atoms with E-state index < -0.39 is 0 Å². The van der Waals surface area contributed by atoms with Gasteiger partial charge < -0.3 is 14.4 Å². The highest BCUT2D eigenvalue weighted by atomic mass is 16.5. The summed E-state index contributed by atoms with van der Waals surface area (Å²) in [5.41, 5.74) is 0. The van der Waals surface area contributed by atoms with E-state index in [2.05, 4.69) is 16.7 Å². The third-order valence-electron chi connectivity index (χ3n) is 2.69. The number of hydrogen-bond donors (Lipinski definition) is 0. The van der Waals surface area contributed by atoms with Crippen LogP contribution in [0.2, 0.25) is 0 Å². The first-order chi connectivity index (χ1) is 7.22. The summed E-state index contributed by atoms with van der Waals surface area (Å²) in [5, 5.41) is 0. The molecule has 0 spiro atoms. The Hall–Kier alpha value is -0.610. The van der Waals surface area contributed by atoms with Gasteiger partial charge in [-0.3, -0.25) is 4.79 Å². The van der Waals surface area contributed by atoms with Crippen molar-refractivity contribution in [1.29, 1.82) is 0 Å². The fraction of sp³-hybridized carbons (Fsp3) is 0.909. The third kappa shape index (κ3) is 5.14. The van der Waals surface area contributed by atoms with Crippen LogP contribution in [0, 0.1) is 0 Å². The molecule has 4 nitrogen and oxygen atoms in total. The van der Waals surface area contributed by atoms with E-state index in [1.54, 1.807) is 0 Å². The average Bonchev–Trinajstić information content (AvgIpc) is 2.70. The van der Waals surface area contributed by atoms with Crippen LogP contribution in [0.1, 0.15) is 25.7 Å². The summed E-state index contributed by atoms with van der Waals surface area (Å²) >= 11 is 0. The molecule has 1 unspecified atom stereocenters. The van der Waals surface area contributed by atoms with Gasteiger partial charge in [0, 0.05) is 19.6 Å². The van der Waals surface area contributed by atoms with Crippen molar-refractivity contribution in [3.8, 4) is 0 Å².